The van der Waals surface area contributed by atoms with E-state index < -0.39 is 11.7 Å². The zero-order valence-corrected chi connectivity index (χ0v) is 10.3. The Hall–Kier alpha value is -1.04. The molecular formula is C11H9BrF3NO. The fraction of sp³-hybridized carbons (Fsp3) is 0.364. The molecule has 0 N–H and O–H groups in total. The van der Waals surface area contributed by atoms with E-state index >= 15 is 0 Å². The first kappa shape index (κ1) is 12.4. The van der Waals surface area contributed by atoms with Crippen LogP contribution in [0.25, 0.3) is 0 Å². The number of hydrogen-bond donors (Lipinski definition) is 0. The lowest BCUT2D eigenvalue weighted by Gasteiger charge is -2.19. The number of Topliss-reactive ketones (excluding diaryl/α,β-unsaturated/α-hetero) is 1. The van der Waals surface area contributed by atoms with Crippen molar-refractivity contribution in [1.29, 1.82) is 0 Å². The molecule has 0 aromatic heterocycles. The Morgan fingerprint density at radius 2 is 2.00 bits per heavy atom. The summed E-state index contributed by atoms with van der Waals surface area (Å²) in [7, 11) is 0. The number of rotatable bonds is 1. The van der Waals surface area contributed by atoms with E-state index in [0.717, 1.165) is 6.07 Å². The maximum atomic E-state index is 12.7. The normalized spacial score (nSPS) is 16.7. The van der Waals surface area contributed by atoms with Crippen LogP contribution in [0, 0.1) is 0 Å². The highest BCUT2D eigenvalue weighted by molar-refractivity contribution is 9.10. The molecule has 6 heteroatoms. The van der Waals surface area contributed by atoms with E-state index in [2.05, 4.69) is 15.9 Å². The maximum absolute atomic E-state index is 12.7. The summed E-state index contributed by atoms with van der Waals surface area (Å²) in [6.45, 7) is 0.677. The fourth-order valence-electron chi connectivity index (χ4n) is 1.78. The van der Waals surface area contributed by atoms with Gasteiger partial charge in [0.05, 0.1) is 12.1 Å². The highest BCUT2D eigenvalue weighted by Gasteiger charge is 2.34. The van der Waals surface area contributed by atoms with Crippen LogP contribution in [0.5, 0.6) is 0 Å². The van der Waals surface area contributed by atoms with Gasteiger partial charge in [-0.3, -0.25) is 4.79 Å². The van der Waals surface area contributed by atoms with Gasteiger partial charge in [0.15, 0.2) is 5.78 Å². The summed E-state index contributed by atoms with van der Waals surface area (Å²) in [5.41, 5.74) is -0.277. The van der Waals surface area contributed by atoms with Gasteiger partial charge in [-0.2, -0.15) is 13.2 Å². The molecular weight excluding hydrogens is 299 g/mol. The van der Waals surface area contributed by atoms with E-state index in [1.165, 1.54) is 6.07 Å². The largest absolute Gasteiger partial charge is 0.417 e. The summed E-state index contributed by atoms with van der Waals surface area (Å²) in [5, 5.41) is 0. The van der Waals surface area contributed by atoms with Crippen LogP contribution in [-0.2, 0) is 11.0 Å². The first-order valence-corrected chi connectivity index (χ1v) is 5.80. The first-order valence-electron chi connectivity index (χ1n) is 5.01. The quantitative estimate of drug-likeness (QED) is 0.794. The molecule has 2 nitrogen and oxygen atoms in total. The zero-order valence-electron chi connectivity index (χ0n) is 8.72. The van der Waals surface area contributed by atoms with Gasteiger partial charge in [-0.15, -0.1) is 0 Å². The minimum Gasteiger partial charge on any atom is -0.364 e. The molecule has 0 aliphatic carbocycles. The summed E-state index contributed by atoms with van der Waals surface area (Å²) in [6, 6.07) is 4.02. The van der Waals surface area contributed by atoms with Crippen LogP contribution in [0.3, 0.4) is 0 Å². The topological polar surface area (TPSA) is 20.3 Å². The summed E-state index contributed by atoms with van der Waals surface area (Å²) in [4.78, 5) is 12.8. The Kier molecular flexibility index (Phi) is 3.16. The first-order chi connectivity index (χ1) is 7.88. The van der Waals surface area contributed by atoms with Crippen LogP contribution in [0.2, 0.25) is 0 Å². The standard InChI is InChI=1S/C11H9BrF3NO/c12-10-2-1-7(5-9(10)11(13,14)15)16-4-3-8(17)6-16/h1-2,5H,3-4,6H2. The SMILES string of the molecule is O=C1CCN(c2ccc(Br)c(C(F)(F)F)c2)C1. The molecule has 2 rings (SSSR count). The third-order valence-electron chi connectivity index (χ3n) is 2.65. The van der Waals surface area contributed by atoms with Gasteiger partial charge in [-0.25, -0.2) is 0 Å². The lowest BCUT2D eigenvalue weighted by molar-refractivity contribution is -0.138. The molecule has 0 unspecified atom stereocenters. The van der Waals surface area contributed by atoms with Gasteiger partial charge >= 0.3 is 6.18 Å². The molecule has 0 saturated carbocycles. The van der Waals surface area contributed by atoms with Crippen LogP contribution < -0.4 is 4.90 Å². The number of carbonyl (C=O) groups is 1. The highest BCUT2D eigenvalue weighted by atomic mass is 79.9. The predicted octanol–water partition coefficient (Wildman–Crippen LogP) is 3.25. The van der Waals surface area contributed by atoms with Gasteiger partial charge in [0.1, 0.15) is 0 Å². The Morgan fingerprint density at radius 3 is 2.53 bits per heavy atom. The van der Waals surface area contributed by atoms with E-state index in [1.807, 2.05) is 0 Å². The van der Waals surface area contributed by atoms with Crippen molar-refractivity contribution in [2.45, 2.75) is 12.6 Å². The molecule has 0 spiro atoms. The molecule has 1 aliphatic rings. The molecule has 1 heterocycles. The molecule has 92 valence electrons. The van der Waals surface area contributed by atoms with Gasteiger partial charge in [0.25, 0.3) is 0 Å². The number of nitrogens with zero attached hydrogens (tertiary/aromatic N) is 1. The van der Waals surface area contributed by atoms with Crippen LogP contribution in [0.1, 0.15) is 12.0 Å². The Morgan fingerprint density at radius 1 is 1.29 bits per heavy atom. The van der Waals surface area contributed by atoms with Crippen LogP contribution in [0.4, 0.5) is 18.9 Å². The summed E-state index contributed by atoms with van der Waals surface area (Å²) >= 11 is 2.88. The number of alkyl halides is 3. The Bertz CT molecular complexity index is 459. The smallest absolute Gasteiger partial charge is 0.364 e. The lowest BCUT2D eigenvalue weighted by Crippen LogP contribution is -2.20. The summed E-state index contributed by atoms with van der Waals surface area (Å²) in [6.07, 6.45) is -3.99. The number of ketones is 1. The van der Waals surface area contributed by atoms with E-state index in [1.54, 1.807) is 11.0 Å². The molecule has 1 saturated heterocycles. The minimum absolute atomic E-state index is 0.0132. The van der Waals surface area contributed by atoms with Crippen LogP contribution in [0.15, 0.2) is 22.7 Å². The van der Waals surface area contributed by atoms with Crippen molar-refractivity contribution in [3.05, 3.63) is 28.2 Å². The number of halogens is 4. The number of benzene rings is 1. The number of carbonyl (C=O) groups excluding carboxylic acids is 1. The van der Waals surface area contributed by atoms with Crippen molar-refractivity contribution < 1.29 is 18.0 Å². The van der Waals surface area contributed by atoms with Crippen molar-refractivity contribution in [2.75, 3.05) is 18.0 Å². The molecule has 1 fully saturated rings. The molecule has 0 amide bonds. The lowest BCUT2D eigenvalue weighted by atomic mass is 10.2. The van der Waals surface area contributed by atoms with Crippen molar-refractivity contribution in [3.63, 3.8) is 0 Å². The Balaban J connectivity index is 2.34. The fourth-order valence-corrected chi connectivity index (χ4v) is 2.25. The monoisotopic (exact) mass is 307 g/mol. The van der Waals surface area contributed by atoms with E-state index in [9.17, 15) is 18.0 Å². The molecule has 17 heavy (non-hydrogen) atoms. The second-order valence-corrected chi connectivity index (χ2v) is 4.73. The molecule has 1 aromatic carbocycles. The summed E-state index contributed by atoms with van der Waals surface area (Å²) in [5.74, 6) is 0.0569. The second kappa shape index (κ2) is 4.33. The van der Waals surface area contributed by atoms with E-state index in [-0.39, 0.29) is 16.8 Å². The molecule has 0 bridgehead atoms. The Labute approximate surface area is 105 Å². The van der Waals surface area contributed by atoms with E-state index in [4.69, 9.17) is 0 Å². The van der Waals surface area contributed by atoms with Crippen LogP contribution >= 0.6 is 15.9 Å². The average Bonchev–Trinajstić information content (AvgIpc) is 2.64. The van der Waals surface area contributed by atoms with Gasteiger partial charge in [0.2, 0.25) is 0 Å². The predicted molar refractivity (Wildman–Crippen MR) is 61.0 cm³/mol. The van der Waals surface area contributed by atoms with Crippen molar-refractivity contribution >= 4 is 27.4 Å². The van der Waals surface area contributed by atoms with Crippen molar-refractivity contribution in [3.8, 4) is 0 Å². The molecule has 1 aliphatic heterocycles. The van der Waals surface area contributed by atoms with Gasteiger partial charge in [-0.1, -0.05) is 15.9 Å². The van der Waals surface area contributed by atoms with Gasteiger partial charge < -0.3 is 4.90 Å². The molecule has 1 aromatic rings. The zero-order chi connectivity index (χ0) is 12.6. The summed E-state index contributed by atoms with van der Waals surface area (Å²) < 4.78 is 38.0. The van der Waals surface area contributed by atoms with E-state index in [0.29, 0.717) is 18.7 Å². The van der Waals surface area contributed by atoms with Gasteiger partial charge in [-0.05, 0) is 18.2 Å². The maximum Gasteiger partial charge on any atom is 0.417 e. The minimum atomic E-state index is -4.39. The van der Waals surface area contributed by atoms with Crippen molar-refractivity contribution in [1.82, 2.24) is 0 Å². The molecule has 0 radical (unpaired) electrons. The number of anilines is 1. The van der Waals surface area contributed by atoms with Crippen molar-refractivity contribution in [2.24, 2.45) is 0 Å². The number of hydrogen-bond acceptors (Lipinski definition) is 2. The second-order valence-electron chi connectivity index (χ2n) is 3.87. The molecule has 0 atom stereocenters. The third kappa shape index (κ3) is 2.62. The highest BCUT2D eigenvalue weighted by Crippen LogP contribution is 2.37. The third-order valence-corrected chi connectivity index (χ3v) is 3.34. The van der Waals surface area contributed by atoms with Crippen LogP contribution in [-0.4, -0.2) is 18.9 Å². The van der Waals surface area contributed by atoms with Gasteiger partial charge in [0, 0.05) is 23.1 Å². The average molecular weight is 308 g/mol.